The number of carbonyl (C=O) groups excluding carboxylic acids is 3. The molecule has 0 bridgehead atoms. The van der Waals surface area contributed by atoms with Gasteiger partial charge in [0.25, 0.3) is 0 Å². The molecule has 0 aliphatic heterocycles. The van der Waals surface area contributed by atoms with Crippen molar-refractivity contribution in [1.82, 2.24) is 5.32 Å². The summed E-state index contributed by atoms with van der Waals surface area (Å²) in [6, 6.07) is 22.1. The predicted octanol–water partition coefficient (Wildman–Crippen LogP) is 2.43. The molecule has 6 heteroatoms. The van der Waals surface area contributed by atoms with E-state index in [1.807, 2.05) is 72.8 Å². The van der Waals surface area contributed by atoms with Crippen molar-refractivity contribution in [3.63, 3.8) is 0 Å². The number of aliphatic carboxylic acids is 1. The van der Waals surface area contributed by atoms with Gasteiger partial charge in [0, 0.05) is 24.5 Å². The molecule has 0 fully saturated rings. The average molecular weight is 403 g/mol. The van der Waals surface area contributed by atoms with Crippen molar-refractivity contribution in [2.45, 2.75) is 31.7 Å². The van der Waals surface area contributed by atoms with E-state index in [0.29, 0.717) is 12.1 Å². The molecule has 0 saturated carbocycles. The van der Waals surface area contributed by atoms with Gasteiger partial charge in [-0.15, -0.1) is 0 Å². The van der Waals surface area contributed by atoms with Crippen LogP contribution in [0.3, 0.4) is 0 Å². The number of benzene rings is 3. The average Bonchev–Trinajstić information content (AvgIpc) is 2.73. The number of fused-ring (bicyclic) bond motifs is 1. The van der Waals surface area contributed by atoms with Crippen molar-refractivity contribution in [2.24, 2.45) is 0 Å². The van der Waals surface area contributed by atoms with Gasteiger partial charge in [-0.25, -0.2) is 0 Å². The Bertz CT molecular complexity index is 1030. The summed E-state index contributed by atoms with van der Waals surface area (Å²) in [4.78, 5) is 35.7. The third-order valence-electron chi connectivity index (χ3n) is 4.74. The molecule has 0 saturated heterocycles. The van der Waals surface area contributed by atoms with Gasteiger partial charge in [-0.1, -0.05) is 60.7 Å². The minimum Gasteiger partial charge on any atom is -0.550 e. The number of hydrogen-bond acceptors (Lipinski definition) is 4. The van der Waals surface area contributed by atoms with Crippen molar-refractivity contribution in [3.05, 3.63) is 78.4 Å². The second kappa shape index (κ2) is 10.2. The van der Waals surface area contributed by atoms with Gasteiger partial charge in [0.1, 0.15) is 6.04 Å². The number of anilines is 1. The van der Waals surface area contributed by atoms with Gasteiger partial charge in [-0.05, 0) is 41.3 Å². The molecule has 6 nitrogen and oxygen atoms in total. The molecule has 0 aliphatic rings. The van der Waals surface area contributed by atoms with E-state index in [9.17, 15) is 19.5 Å². The fourth-order valence-corrected chi connectivity index (χ4v) is 3.22. The Morgan fingerprint density at radius 2 is 1.53 bits per heavy atom. The van der Waals surface area contributed by atoms with E-state index in [1.54, 1.807) is 0 Å². The first kappa shape index (κ1) is 21.0. The van der Waals surface area contributed by atoms with Crippen LogP contribution in [0.5, 0.6) is 0 Å². The van der Waals surface area contributed by atoms with Gasteiger partial charge < -0.3 is 20.5 Å². The number of rotatable bonds is 9. The fourth-order valence-electron chi connectivity index (χ4n) is 3.22. The standard InChI is InChI=1S/C24H24N2O4/c27-22(11-6-12-23(28)29)26-21(15-17-7-2-1-3-8-17)24(30)25-20-14-13-18-9-4-5-10-19(18)16-20/h1-5,7-10,13-14,16,21H,6,11-12,15H2,(H,25,30)(H,26,27)(H,28,29)/p-1/t21-/m0/s1. The minimum absolute atomic E-state index is 0.0164. The Labute approximate surface area is 174 Å². The van der Waals surface area contributed by atoms with Crippen LogP contribution in [0.1, 0.15) is 24.8 Å². The van der Waals surface area contributed by atoms with Crippen molar-refractivity contribution >= 4 is 34.2 Å². The maximum Gasteiger partial charge on any atom is 0.247 e. The molecule has 30 heavy (non-hydrogen) atoms. The fraction of sp³-hybridized carbons (Fsp3) is 0.208. The highest BCUT2D eigenvalue weighted by atomic mass is 16.4. The Balaban J connectivity index is 1.71. The largest absolute Gasteiger partial charge is 0.550 e. The van der Waals surface area contributed by atoms with E-state index in [1.165, 1.54) is 0 Å². The zero-order chi connectivity index (χ0) is 21.3. The highest BCUT2D eigenvalue weighted by Gasteiger charge is 2.21. The molecule has 3 rings (SSSR count). The second-order valence-electron chi connectivity index (χ2n) is 7.09. The summed E-state index contributed by atoms with van der Waals surface area (Å²) in [6.45, 7) is 0. The molecule has 154 valence electrons. The van der Waals surface area contributed by atoms with E-state index in [0.717, 1.165) is 16.3 Å². The van der Waals surface area contributed by atoms with Crippen LogP contribution in [0.4, 0.5) is 5.69 Å². The Hall–Kier alpha value is -3.67. The van der Waals surface area contributed by atoms with Gasteiger partial charge in [0.15, 0.2) is 0 Å². The van der Waals surface area contributed by atoms with Gasteiger partial charge in [-0.2, -0.15) is 0 Å². The van der Waals surface area contributed by atoms with Crippen LogP contribution < -0.4 is 15.7 Å². The monoisotopic (exact) mass is 403 g/mol. The highest BCUT2D eigenvalue weighted by Crippen LogP contribution is 2.19. The molecule has 3 aromatic carbocycles. The number of carbonyl (C=O) groups is 3. The summed E-state index contributed by atoms with van der Waals surface area (Å²) < 4.78 is 0. The topological polar surface area (TPSA) is 98.3 Å². The smallest absolute Gasteiger partial charge is 0.247 e. The van der Waals surface area contributed by atoms with Gasteiger partial charge >= 0.3 is 0 Å². The summed E-state index contributed by atoms with van der Waals surface area (Å²) in [6.07, 6.45) is 0.313. The molecular weight excluding hydrogens is 380 g/mol. The molecular formula is C24H23N2O4-. The summed E-state index contributed by atoms with van der Waals surface area (Å²) in [5, 5.41) is 18.2. The van der Waals surface area contributed by atoms with Crippen LogP contribution in [0.15, 0.2) is 72.8 Å². The molecule has 2 N–H and O–H groups in total. The number of amides is 2. The van der Waals surface area contributed by atoms with Crippen LogP contribution in [-0.2, 0) is 20.8 Å². The maximum atomic E-state index is 12.9. The third-order valence-corrected chi connectivity index (χ3v) is 4.74. The summed E-state index contributed by atoms with van der Waals surface area (Å²) in [5.41, 5.74) is 1.55. The quantitative estimate of drug-likeness (QED) is 0.573. The molecule has 3 aromatic rings. The highest BCUT2D eigenvalue weighted by molar-refractivity contribution is 5.99. The summed E-state index contributed by atoms with van der Waals surface area (Å²) in [5.74, 6) is -1.90. The van der Waals surface area contributed by atoms with Crippen molar-refractivity contribution < 1.29 is 19.5 Å². The molecule has 0 heterocycles. The zero-order valence-electron chi connectivity index (χ0n) is 16.5. The van der Waals surface area contributed by atoms with Crippen molar-refractivity contribution in [2.75, 3.05) is 5.32 Å². The summed E-state index contributed by atoms with van der Waals surface area (Å²) in [7, 11) is 0. The van der Waals surface area contributed by atoms with Crippen LogP contribution in [-0.4, -0.2) is 23.8 Å². The lowest BCUT2D eigenvalue weighted by atomic mass is 10.0. The first-order valence-electron chi connectivity index (χ1n) is 9.84. The van der Waals surface area contributed by atoms with E-state index >= 15 is 0 Å². The molecule has 2 amide bonds. The molecule has 0 aliphatic carbocycles. The van der Waals surface area contributed by atoms with E-state index in [-0.39, 0.29) is 31.1 Å². The van der Waals surface area contributed by atoms with Gasteiger partial charge in [0.05, 0.1) is 0 Å². The lowest BCUT2D eigenvalue weighted by molar-refractivity contribution is -0.305. The molecule has 1 atom stereocenters. The lowest BCUT2D eigenvalue weighted by Crippen LogP contribution is -2.45. The third kappa shape index (κ3) is 6.17. The first-order chi connectivity index (χ1) is 14.5. The number of carboxylic acids is 1. The Kier molecular flexibility index (Phi) is 7.16. The van der Waals surface area contributed by atoms with Gasteiger partial charge in [-0.3, -0.25) is 9.59 Å². The molecule has 0 unspecified atom stereocenters. The van der Waals surface area contributed by atoms with E-state index in [4.69, 9.17) is 0 Å². The second-order valence-corrected chi connectivity index (χ2v) is 7.09. The minimum atomic E-state index is -1.20. The number of hydrogen-bond donors (Lipinski definition) is 2. The zero-order valence-corrected chi connectivity index (χ0v) is 16.5. The van der Waals surface area contributed by atoms with Crippen LogP contribution >= 0.6 is 0 Å². The maximum absolute atomic E-state index is 12.9. The van der Waals surface area contributed by atoms with E-state index in [2.05, 4.69) is 10.6 Å². The van der Waals surface area contributed by atoms with Crippen LogP contribution in [0.2, 0.25) is 0 Å². The lowest BCUT2D eigenvalue weighted by Gasteiger charge is -2.19. The first-order valence-corrected chi connectivity index (χ1v) is 9.84. The molecule has 0 radical (unpaired) electrons. The Morgan fingerprint density at radius 1 is 0.833 bits per heavy atom. The van der Waals surface area contributed by atoms with E-state index < -0.39 is 12.0 Å². The number of carboxylic acid groups (broad SMARTS) is 1. The Morgan fingerprint density at radius 3 is 2.27 bits per heavy atom. The molecule has 0 spiro atoms. The predicted molar refractivity (Wildman–Crippen MR) is 114 cm³/mol. The van der Waals surface area contributed by atoms with Crippen molar-refractivity contribution in [1.29, 1.82) is 0 Å². The van der Waals surface area contributed by atoms with Crippen LogP contribution in [0, 0.1) is 0 Å². The van der Waals surface area contributed by atoms with Gasteiger partial charge in [0.2, 0.25) is 11.8 Å². The summed E-state index contributed by atoms with van der Waals surface area (Å²) >= 11 is 0. The SMILES string of the molecule is O=C([O-])CCCC(=O)N[C@@H](Cc1ccccc1)C(=O)Nc1ccc2ccccc2c1. The molecule has 0 aromatic heterocycles. The normalized spacial score (nSPS) is 11.6. The number of nitrogens with one attached hydrogen (secondary N) is 2. The van der Waals surface area contributed by atoms with Crippen LogP contribution in [0.25, 0.3) is 10.8 Å². The van der Waals surface area contributed by atoms with Crippen molar-refractivity contribution in [3.8, 4) is 0 Å².